The van der Waals surface area contributed by atoms with Crippen LogP contribution < -0.4 is 5.43 Å². The molecule has 0 radical (unpaired) electrons. The fraction of sp³-hybridized carbons (Fsp3) is 0.188. The number of hydrogen-bond donors (Lipinski definition) is 1. The van der Waals surface area contributed by atoms with Crippen LogP contribution in [0.3, 0.4) is 0 Å². The summed E-state index contributed by atoms with van der Waals surface area (Å²) in [6, 6.07) is 9.56. The summed E-state index contributed by atoms with van der Waals surface area (Å²) in [5, 5.41) is 5.17. The van der Waals surface area contributed by atoms with E-state index in [1.165, 1.54) is 23.5 Å². The van der Waals surface area contributed by atoms with E-state index in [2.05, 4.69) is 26.5 Å². The Morgan fingerprint density at radius 1 is 1.25 bits per heavy atom. The van der Waals surface area contributed by atoms with Crippen LogP contribution in [-0.4, -0.2) is 23.3 Å². The fourth-order valence-electron chi connectivity index (χ4n) is 1.75. The van der Waals surface area contributed by atoms with Gasteiger partial charge in [0.1, 0.15) is 5.71 Å². The molecule has 1 N–H and O–H groups in total. The van der Waals surface area contributed by atoms with E-state index >= 15 is 0 Å². The summed E-state index contributed by atoms with van der Waals surface area (Å²) >= 11 is 4.40. The molecule has 0 atom stereocenters. The van der Waals surface area contributed by atoms with Gasteiger partial charge < -0.3 is 0 Å². The quantitative estimate of drug-likeness (QED) is 0.428. The SMILES string of the molecule is CC(F)(F)/C(CC(=O)c1cccs1)=N\NC(=O)c1ccc(Br)cc1. The van der Waals surface area contributed by atoms with Gasteiger partial charge in [-0.3, -0.25) is 9.59 Å². The molecule has 0 aliphatic heterocycles. The lowest BCUT2D eigenvalue weighted by Crippen LogP contribution is -2.31. The minimum atomic E-state index is -3.32. The van der Waals surface area contributed by atoms with Gasteiger partial charge in [-0.2, -0.15) is 5.10 Å². The number of ketones is 1. The van der Waals surface area contributed by atoms with Gasteiger partial charge in [-0.05, 0) is 35.7 Å². The third-order valence-corrected chi connectivity index (χ3v) is 4.47. The molecule has 126 valence electrons. The van der Waals surface area contributed by atoms with Crippen LogP contribution in [0, 0.1) is 0 Å². The van der Waals surface area contributed by atoms with Crippen molar-refractivity contribution in [1.29, 1.82) is 0 Å². The third-order valence-electron chi connectivity index (χ3n) is 3.03. The second-order valence-electron chi connectivity index (χ2n) is 4.97. The largest absolute Gasteiger partial charge is 0.293 e. The van der Waals surface area contributed by atoms with Gasteiger partial charge in [-0.1, -0.05) is 22.0 Å². The van der Waals surface area contributed by atoms with E-state index in [-0.39, 0.29) is 5.56 Å². The van der Waals surface area contributed by atoms with E-state index in [0.717, 1.165) is 4.47 Å². The number of alkyl halides is 2. The lowest BCUT2D eigenvalue weighted by molar-refractivity contribution is 0.0880. The van der Waals surface area contributed by atoms with Crippen molar-refractivity contribution in [2.24, 2.45) is 5.10 Å². The number of thiophene rings is 1. The predicted molar refractivity (Wildman–Crippen MR) is 92.9 cm³/mol. The highest BCUT2D eigenvalue weighted by Gasteiger charge is 2.32. The van der Waals surface area contributed by atoms with E-state index < -0.39 is 29.7 Å². The zero-order valence-electron chi connectivity index (χ0n) is 12.6. The van der Waals surface area contributed by atoms with Crippen LogP contribution in [0.4, 0.5) is 8.78 Å². The average molecular weight is 415 g/mol. The number of Topliss-reactive ketones (excluding diaryl/α,β-unsaturated/α-hetero) is 1. The highest BCUT2D eigenvalue weighted by atomic mass is 79.9. The van der Waals surface area contributed by atoms with Gasteiger partial charge in [0.05, 0.1) is 11.3 Å². The summed E-state index contributed by atoms with van der Waals surface area (Å²) in [7, 11) is 0. The van der Waals surface area contributed by atoms with Crippen molar-refractivity contribution < 1.29 is 18.4 Å². The van der Waals surface area contributed by atoms with Gasteiger partial charge >= 0.3 is 0 Å². The molecule has 0 fully saturated rings. The van der Waals surface area contributed by atoms with Gasteiger partial charge in [0.2, 0.25) is 0 Å². The zero-order valence-corrected chi connectivity index (χ0v) is 15.0. The Bertz CT molecular complexity index is 753. The van der Waals surface area contributed by atoms with Crippen molar-refractivity contribution in [3.63, 3.8) is 0 Å². The second-order valence-corrected chi connectivity index (χ2v) is 6.84. The number of nitrogens with zero attached hydrogens (tertiary/aromatic N) is 1. The van der Waals surface area contributed by atoms with E-state index in [1.807, 2.05) is 0 Å². The number of hydrogen-bond acceptors (Lipinski definition) is 4. The standard InChI is InChI=1S/C16H13BrF2N2O2S/c1-16(18,19)14(9-12(22)13-3-2-8-24-13)20-21-15(23)10-4-6-11(17)7-5-10/h2-8H,9H2,1H3,(H,21,23)/b20-14-. The second kappa shape index (κ2) is 7.76. The number of amides is 1. The van der Waals surface area contributed by atoms with Crippen molar-refractivity contribution >= 4 is 44.7 Å². The molecular weight excluding hydrogens is 402 g/mol. The van der Waals surface area contributed by atoms with Crippen LogP contribution in [0.2, 0.25) is 0 Å². The molecule has 8 heteroatoms. The number of carbonyl (C=O) groups excluding carboxylic acids is 2. The maximum absolute atomic E-state index is 13.7. The molecule has 0 spiro atoms. The number of rotatable bonds is 6. The Hall–Kier alpha value is -1.93. The topological polar surface area (TPSA) is 58.5 Å². The van der Waals surface area contributed by atoms with Crippen LogP contribution >= 0.6 is 27.3 Å². The zero-order chi connectivity index (χ0) is 17.7. The van der Waals surface area contributed by atoms with Crippen molar-refractivity contribution in [3.05, 3.63) is 56.7 Å². The summed E-state index contributed by atoms with van der Waals surface area (Å²) in [6.07, 6.45) is -0.565. The highest BCUT2D eigenvalue weighted by molar-refractivity contribution is 9.10. The van der Waals surface area contributed by atoms with E-state index in [0.29, 0.717) is 11.8 Å². The first-order valence-corrected chi connectivity index (χ1v) is 8.52. The minimum absolute atomic E-state index is 0.269. The maximum atomic E-state index is 13.7. The van der Waals surface area contributed by atoms with E-state index in [4.69, 9.17) is 0 Å². The first-order valence-electron chi connectivity index (χ1n) is 6.85. The molecule has 24 heavy (non-hydrogen) atoms. The number of benzene rings is 1. The molecule has 0 aliphatic carbocycles. The van der Waals surface area contributed by atoms with Crippen LogP contribution in [0.15, 0.2) is 51.4 Å². The summed E-state index contributed by atoms with van der Waals surface area (Å²) in [4.78, 5) is 24.3. The molecule has 0 aliphatic rings. The number of halogens is 3. The lowest BCUT2D eigenvalue weighted by Gasteiger charge is -2.13. The molecule has 0 bridgehead atoms. The molecule has 0 saturated heterocycles. The summed E-state index contributed by atoms with van der Waals surface area (Å²) in [6.45, 7) is 0.638. The van der Waals surface area contributed by atoms with Crippen LogP contribution in [0.1, 0.15) is 33.4 Å². The van der Waals surface area contributed by atoms with Gasteiger partial charge in [0.25, 0.3) is 11.8 Å². The van der Waals surface area contributed by atoms with Gasteiger partial charge in [-0.25, -0.2) is 14.2 Å². The Kier molecular flexibility index (Phi) is 5.95. The molecule has 1 aromatic carbocycles. The first kappa shape index (κ1) is 18.4. The normalized spacial score (nSPS) is 12.1. The van der Waals surface area contributed by atoms with E-state index in [1.54, 1.807) is 29.6 Å². The Balaban J connectivity index is 2.12. The average Bonchev–Trinajstić information content (AvgIpc) is 3.05. The summed E-state index contributed by atoms with van der Waals surface area (Å²) in [5.41, 5.74) is 1.66. The smallest absolute Gasteiger partial charge is 0.285 e. The fourth-order valence-corrected chi connectivity index (χ4v) is 2.68. The minimum Gasteiger partial charge on any atom is -0.293 e. The summed E-state index contributed by atoms with van der Waals surface area (Å²) < 4.78 is 28.1. The molecule has 2 rings (SSSR count). The monoisotopic (exact) mass is 414 g/mol. The molecule has 0 unspecified atom stereocenters. The van der Waals surface area contributed by atoms with Crippen LogP contribution in [0.5, 0.6) is 0 Å². The van der Waals surface area contributed by atoms with Crippen LogP contribution in [-0.2, 0) is 0 Å². The van der Waals surface area contributed by atoms with Crippen molar-refractivity contribution in [3.8, 4) is 0 Å². The molecule has 4 nitrogen and oxygen atoms in total. The molecule has 1 aromatic heterocycles. The maximum Gasteiger partial charge on any atom is 0.285 e. The van der Waals surface area contributed by atoms with Gasteiger partial charge in [0.15, 0.2) is 5.78 Å². The van der Waals surface area contributed by atoms with Crippen LogP contribution in [0.25, 0.3) is 0 Å². The molecule has 1 heterocycles. The molecule has 0 saturated carbocycles. The van der Waals surface area contributed by atoms with E-state index in [9.17, 15) is 18.4 Å². The van der Waals surface area contributed by atoms with Crippen molar-refractivity contribution in [2.45, 2.75) is 19.3 Å². The molecular formula is C16H13BrF2N2O2S. The Labute approximate surface area is 149 Å². The first-order chi connectivity index (χ1) is 11.3. The number of hydrazone groups is 1. The number of nitrogens with one attached hydrogen (secondary N) is 1. The van der Waals surface area contributed by atoms with Crippen molar-refractivity contribution in [1.82, 2.24) is 5.43 Å². The number of carbonyl (C=O) groups is 2. The Morgan fingerprint density at radius 2 is 1.92 bits per heavy atom. The van der Waals surface area contributed by atoms with Gasteiger partial charge in [0, 0.05) is 17.0 Å². The Morgan fingerprint density at radius 3 is 2.46 bits per heavy atom. The lowest BCUT2D eigenvalue weighted by atomic mass is 10.1. The van der Waals surface area contributed by atoms with Gasteiger partial charge in [-0.15, -0.1) is 11.3 Å². The third kappa shape index (κ3) is 5.04. The predicted octanol–water partition coefficient (Wildman–Crippen LogP) is 4.52. The summed E-state index contributed by atoms with van der Waals surface area (Å²) in [5.74, 6) is -4.42. The highest BCUT2D eigenvalue weighted by Crippen LogP contribution is 2.20. The molecule has 2 aromatic rings. The van der Waals surface area contributed by atoms with Crippen molar-refractivity contribution in [2.75, 3.05) is 0 Å². The molecule has 1 amide bonds.